The Labute approximate surface area is 193 Å². The van der Waals surface area contributed by atoms with Gasteiger partial charge in [0.25, 0.3) is 5.91 Å². The number of aromatic nitrogens is 3. The SMILES string of the molecule is Nc1nccc2cc(CNC(=O)c3ccnc(Cc4ccc5ncc(F)cc5c4)c3)c(F)cc12. The number of halogens is 2. The number of anilines is 1. The van der Waals surface area contributed by atoms with Crippen LogP contribution in [0.15, 0.2) is 73.2 Å². The van der Waals surface area contributed by atoms with Crippen LogP contribution >= 0.6 is 0 Å². The highest BCUT2D eigenvalue weighted by atomic mass is 19.1. The maximum atomic E-state index is 14.5. The summed E-state index contributed by atoms with van der Waals surface area (Å²) in [5, 5.41) is 4.72. The van der Waals surface area contributed by atoms with Crippen molar-refractivity contribution in [1.82, 2.24) is 20.3 Å². The van der Waals surface area contributed by atoms with E-state index in [1.54, 1.807) is 36.7 Å². The first kappa shape index (κ1) is 21.4. The average molecular weight is 455 g/mol. The molecule has 0 aliphatic rings. The van der Waals surface area contributed by atoms with Gasteiger partial charge in [0.2, 0.25) is 0 Å². The van der Waals surface area contributed by atoms with Crippen LogP contribution < -0.4 is 11.1 Å². The number of fused-ring (bicyclic) bond motifs is 2. The third-order valence-electron chi connectivity index (χ3n) is 5.58. The van der Waals surface area contributed by atoms with Crippen molar-refractivity contribution in [1.29, 1.82) is 0 Å². The topological polar surface area (TPSA) is 93.8 Å². The van der Waals surface area contributed by atoms with Crippen molar-refractivity contribution in [3.05, 3.63) is 107 Å². The molecular weight excluding hydrogens is 436 g/mol. The molecule has 0 unspecified atom stereocenters. The Kier molecular flexibility index (Phi) is 5.55. The van der Waals surface area contributed by atoms with E-state index >= 15 is 0 Å². The van der Waals surface area contributed by atoms with Crippen molar-refractivity contribution in [3.63, 3.8) is 0 Å². The van der Waals surface area contributed by atoms with Gasteiger partial charge >= 0.3 is 0 Å². The minimum Gasteiger partial charge on any atom is -0.383 e. The van der Waals surface area contributed by atoms with Crippen molar-refractivity contribution in [3.8, 4) is 0 Å². The highest BCUT2D eigenvalue weighted by molar-refractivity contribution is 5.94. The molecule has 5 rings (SSSR count). The number of nitrogen functional groups attached to an aromatic ring is 1. The summed E-state index contributed by atoms with van der Waals surface area (Å²) in [6.45, 7) is 0.0176. The molecule has 0 saturated carbocycles. The molecule has 0 bridgehead atoms. The fourth-order valence-corrected chi connectivity index (χ4v) is 3.87. The molecule has 0 radical (unpaired) electrons. The Morgan fingerprint density at radius 3 is 2.65 bits per heavy atom. The third kappa shape index (κ3) is 4.38. The number of hydrogen-bond donors (Lipinski definition) is 2. The van der Waals surface area contributed by atoms with Crippen LogP contribution in [0.3, 0.4) is 0 Å². The van der Waals surface area contributed by atoms with E-state index in [0.29, 0.717) is 39.5 Å². The van der Waals surface area contributed by atoms with Crippen LogP contribution in [0.1, 0.15) is 27.2 Å². The quantitative estimate of drug-likeness (QED) is 0.405. The zero-order chi connectivity index (χ0) is 23.7. The number of rotatable bonds is 5. The van der Waals surface area contributed by atoms with Gasteiger partial charge in [-0.2, -0.15) is 0 Å². The molecule has 3 aromatic heterocycles. The Hall–Kier alpha value is -4.46. The summed E-state index contributed by atoms with van der Waals surface area (Å²) in [6.07, 6.45) is 4.75. The first-order valence-corrected chi connectivity index (χ1v) is 10.6. The summed E-state index contributed by atoms with van der Waals surface area (Å²) in [5.41, 5.74) is 8.85. The number of pyridine rings is 3. The summed E-state index contributed by atoms with van der Waals surface area (Å²) in [4.78, 5) is 25.1. The van der Waals surface area contributed by atoms with Crippen LogP contribution in [0.5, 0.6) is 0 Å². The minimum absolute atomic E-state index is 0.0176. The van der Waals surface area contributed by atoms with E-state index in [9.17, 15) is 13.6 Å². The van der Waals surface area contributed by atoms with Crippen LogP contribution in [0.4, 0.5) is 14.6 Å². The van der Waals surface area contributed by atoms with Gasteiger partial charge in [0.15, 0.2) is 0 Å². The first-order chi connectivity index (χ1) is 16.5. The number of carbonyl (C=O) groups is 1. The zero-order valence-corrected chi connectivity index (χ0v) is 17.9. The maximum absolute atomic E-state index is 14.5. The molecule has 5 aromatic rings. The molecule has 8 heteroatoms. The van der Waals surface area contributed by atoms with Gasteiger partial charge in [0.1, 0.15) is 17.5 Å². The van der Waals surface area contributed by atoms with E-state index in [1.165, 1.54) is 18.3 Å². The third-order valence-corrected chi connectivity index (χ3v) is 5.58. The van der Waals surface area contributed by atoms with E-state index in [2.05, 4.69) is 20.3 Å². The number of nitrogens with one attached hydrogen (secondary N) is 1. The number of nitrogens with zero attached hydrogens (tertiary/aromatic N) is 3. The van der Waals surface area contributed by atoms with Crippen LogP contribution in [0, 0.1) is 11.6 Å². The van der Waals surface area contributed by atoms with Gasteiger partial charge in [-0.05, 0) is 59.5 Å². The van der Waals surface area contributed by atoms with Gasteiger partial charge in [-0.1, -0.05) is 6.07 Å². The fraction of sp³-hybridized carbons (Fsp3) is 0.0769. The molecule has 0 atom stereocenters. The molecule has 0 aliphatic heterocycles. The maximum Gasteiger partial charge on any atom is 0.251 e. The highest BCUT2D eigenvalue weighted by Gasteiger charge is 2.11. The molecule has 3 N–H and O–H groups in total. The van der Waals surface area contributed by atoms with Crippen molar-refractivity contribution >= 4 is 33.4 Å². The Bertz CT molecular complexity index is 1550. The lowest BCUT2D eigenvalue weighted by Crippen LogP contribution is -2.23. The summed E-state index contributed by atoms with van der Waals surface area (Å²) in [5.74, 6) is -0.958. The normalized spacial score (nSPS) is 11.1. The number of nitrogens with two attached hydrogens (primary N) is 1. The molecule has 0 spiro atoms. The van der Waals surface area contributed by atoms with E-state index < -0.39 is 11.6 Å². The number of hydrogen-bond acceptors (Lipinski definition) is 5. The molecule has 1 amide bonds. The van der Waals surface area contributed by atoms with Gasteiger partial charge in [-0.25, -0.2) is 13.8 Å². The summed E-state index contributed by atoms with van der Waals surface area (Å²) in [6, 6.07) is 15.0. The largest absolute Gasteiger partial charge is 0.383 e. The summed E-state index contributed by atoms with van der Waals surface area (Å²) < 4.78 is 28.0. The molecule has 34 heavy (non-hydrogen) atoms. The van der Waals surface area contributed by atoms with Crippen molar-refractivity contribution in [2.24, 2.45) is 0 Å². The van der Waals surface area contributed by atoms with Gasteiger partial charge < -0.3 is 11.1 Å². The molecule has 0 fully saturated rings. The van der Waals surface area contributed by atoms with Crippen LogP contribution in [-0.2, 0) is 13.0 Å². The molecular formula is C26H19F2N5O. The lowest BCUT2D eigenvalue weighted by molar-refractivity contribution is 0.0950. The predicted octanol–water partition coefficient (Wildman–Crippen LogP) is 4.56. The molecule has 3 heterocycles. The molecule has 168 valence electrons. The Morgan fingerprint density at radius 2 is 1.76 bits per heavy atom. The zero-order valence-electron chi connectivity index (χ0n) is 17.9. The summed E-state index contributed by atoms with van der Waals surface area (Å²) >= 11 is 0. The second-order valence-electron chi connectivity index (χ2n) is 7.94. The van der Waals surface area contributed by atoms with Crippen molar-refractivity contribution in [2.75, 3.05) is 5.73 Å². The minimum atomic E-state index is -0.467. The lowest BCUT2D eigenvalue weighted by atomic mass is 10.0. The van der Waals surface area contributed by atoms with Gasteiger partial charge in [-0.3, -0.25) is 14.8 Å². The Balaban J connectivity index is 1.31. The van der Waals surface area contributed by atoms with Crippen LogP contribution in [-0.4, -0.2) is 20.9 Å². The van der Waals surface area contributed by atoms with Gasteiger partial charge in [-0.15, -0.1) is 0 Å². The van der Waals surface area contributed by atoms with E-state index in [1.807, 2.05) is 18.2 Å². The standard InChI is InChI=1S/C26H19F2N5O/c27-20-10-18-7-15(1-2-24(18)32-14-20)8-21-11-17(4-5-30-21)26(34)33-13-19-9-16-3-6-31-25(29)22(16)12-23(19)28/h1-7,9-12,14H,8,13H2,(H2,29,31)(H,33,34). The van der Waals surface area contributed by atoms with Crippen LogP contribution in [0.25, 0.3) is 21.7 Å². The predicted molar refractivity (Wildman–Crippen MR) is 126 cm³/mol. The monoisotopic (exact) mass is 455 g/mol. The molecule has 2 aromatic carbocycles. The van der Waals surface area contributed by atoms with Crippen LogP contribution in [0.2, 0.25) is 0 Å². The average Bonchev–Trinajstić information content (AvgIpc) is 2.83. The second-order valence-corrected chi connectivity index (χ2v) is 7.94. The second kappa shape index (κ2) is 8.82. The van der Waals surface area contributed by atoms with E-state index in [-0.39, 0.29) is 18.3 Å². The van der Waals surface area contributed by atoms with Crippen molar-refractivity contribution in [2.45, 2.75) is 13.0 Å². The highest BCUT2D eigenvalue weighted by Crippen LogP contribution is 2.23. The lowest BCUT2D eigenvalue weighted by Gasteiger charge is -2.10. The van der Waals surface area contributed by atoms with Gasteiger partial charge in [0, 0.05) is 53.0 Å². The number of amides is 1. The van der Waals surface area contributed by atoms with E-state index in [4.69, 9.17) is 5.73 Å². The number of benzene rings is 2. The Morgan fingerprint density at radius 1 is 0.912 bits per heavy atom. The molecule has 0 saturated heterocycles. The smallest absolute Gasteiger partial charge is 0.251 e. The summed E-state index contributed by atoms with van der Waals surface area (Å²) in [7, 11) is 0. The first-order valence-electron chi connectivity index (χ1n) is 10.6. The number of carbonyl (C=O) groups excluding carboxylic acids is 1. The van der Waals surface area contributed by atoms with Gasteiger partial charge in [0.05, 0.1) is 11.7 Å². The fourth-order valence-electron chi connectivity index (χ4n) is 3.87. The molecule has 0 aliphatic carbocycles. The van der Waals surface area contributed by atoms with E-state index in [0.717, 1.165) is 10.9 Å². The molecule has 6 nitrogen and oxygen atoms in total. The van der Waals surface area contributed by atoms with Crippen molar-refractivity contribution < 1.29 is 13.6 Å².